The molecule has 2 aliphatic rings. The molecule has 18 heavy (non-hydrogen) atoms. The minimum absolute atomic E-state index is 0.244. The number of carbonyl (C=O) groups is 2. The second-order valence-electron chi connectivity index (χ2n) is 5.60. The van der Waals surface area contributed by atoms with Gasteiger partial charge in [-0.3, -0.25) is 14.5 Å². The van der Waals surface area contributed by atoms with Crippen molar-refractivity contribution in [3.8, 4) is 0 Å². The van der Waals surface area contributed by atoms with E-state index in [4.69, 9.17) is 0 Å². The molecule has 2 fully saturated rings. The third kappa shape index (κ3) is 1.67. The number of likely N-dealkylation sites (tertiary alicyclic amines) is 1. The molecule has 1 unspecified atom stereocenters. The van der Waals surface area contributed by atoms with Gasteiger partial charge in [0.1, 0.15) is 5.54 Å². The van der Waals surface area contributed by atoms with Crippen LogP contribution in [-0.4, -0.2) is 40.0 Å². The second kappa shape index (κ2) is 4.12. The van der Waals surface area contributed by atoms with E-state index in [2.05, 4.69) is 5.18 Å². The molecule has 0 aromatic carbocycles. The molecule has 0 spiro atoms. The number of nitroso groups, excluding NO2 is 1. The van der Waals surface area contributed by atoms with Crippen LogP contribution in [0.5, 0.6) is 0 Å². The van der Waals surface area contributed by atoms with Crippen LogP contribution in [0.4, 0.5) is 0 Å². The maximum absolute atomic E-state index is 11.6. The molecular weight excluding hydrogens is 236 g/mol. The highest BCUT2D eigenvalue weighted by molar-refractivity contribution is 5.87. The molecule has 0 aromatic heterocycles. The van der Waals surface area contributed by atoms with Gasteiger partial charge in [-0.1, -0.05) is 0 Å². The van der Waals surface area contributed by atoms with Crippen molar-refractivity contribution in [1.29, 1.82) is 0 Å². The summed E-state index contributed by atoms with van der Waals surface area (Å²) in [5, 5.41) is 11.9. The van der Waals surface area contributed by atoms with Crippen molar-refractivity contribution in [2.75, 3.05) is 6.54 Å². The normalized spacial score (nSPS) is 31.9. The number of nitrogens with zero attached hydrogens (tertiary/aromatic N) is 2. The first-order valence-electron chi connectivity index (χ1n) is 6.26. The minimum atomic E-state index is -0.932. The van der Waals surface area contributed by atoms with E-state index in [1.54, 1.807) is 6.92 Å². The number of rotatable bonds is 4. The fourth-order valence-corrected chi connectivity index (χ4v) is 3.17. The van der Waals surface area contributed by atoms with Crippen molar-refractivity contribution in [2.24, 2.45) is 10.6 Å². The average Bonchev–Trinajstić information content (AvgIpc) is 3.05. The van der Waals surface area contributed by atoms with Crippen LogP contribution < -0.4 is 0 Å². The topological polar surface area (TPSA) is 87.0 Å². The number of hydrogen-bond donors (Lipinski definition) is 1. The lowest BCUT2D eigenvalue weighted by Crippen LogP contribution is -2.55. The molecule has 1 aliphatic carbocycles. The van der Waals surface area contributed by atoms with Gasteiger partial charge in [-0.15, -0.1) is 4.91 Å². The zero-order chi connectivity index (χ0) is 13.6. The molecular formula is C12H18N2O4. The summed E-state index contributed by atoms with van der Waals surface area (Å²) in [6.07, 6.45) is 2.63. The van der Waals surface area contributed by atoms with Crippen molar-refractivity contribution in [3.05, 3.63) is 4.91 Å². The summed E-state index contributed by atoms with van der Waals surface area (Å²) in [5.74, 6) is -1.50. The molecule has 1 aliphatic heterocycles. The summed E-state index contributed by atoms with van der Waals surface area (Å²) in [6.45, 7) is 4.17. The van der Waals surface area contributed by atoms with E-state index in [-0.39, 0.29) is 6.04 Å². The van der Waals surface area contributed by atoms with Crippen LogP contribution in [0.2, 0.25) is 0 Å². The lowest BCUT2D eigenvalue weighted by atomic mass is 9.90. The van der Waals surface area contributed by atoms with Crippen molar-refractivity contribution < 1.29 is 14.7 Å². The zero-order valence-electron chi connectivity index (χ0n) is 10.7. The van der Waals surface area contributed by atoms with E-state index in [0.29, 0.717) is 25.8 Å². The van der Waals surface area contributed by atoms with Crippen LogP contribution in [0.3, 0.4) is 0 Å². The number of amides is 1. The van der Waals surface area contributed by atoms with Crippen LogP contribution in [-0.2, 0) is 9.59 Å². The number of aliphatic carboxylic acids is 1. The molecule has 1 heterocycles. The van der Waals surface area contributed by atoms with Gasteiger partial charge in [0.15, 0.2) is 0 Å². The van der Waals surface area contributed by atoms with Gasteiger partial charge < -0.3 is 5.11 Å². The Hall–Kier alpha value is -1.30. The summed E-state index contributed by atoms with van der Waals surface area (Å²) in [6, 6.07) is -0.244. The molecule has 0 radical (unpaired) electrons. The van der Waals surface area contributed by atoms with E-state index >= 15 is 0 Å². The molecule has 2 rings (SSSR count). The molecule has 2 atom stereocenters. The molecule has 1 N–H and O–H groups in total. The number of carbonyl (C=O) groups excluding carboxylic acids is 1. The lowest BCUT2D eigenvalue weighted by molar-refractivity contribution is -0.151. The number of hydrogen-bond acceptors (Lipinski definition) is 4. The Morgan fingerprint density at radius 1 is 1.33 bits per heavy atom. The Morgan fingerprint density at radius 2 is 1.94 bits per heavy atom. The molecule has 6 heteroatoms. The van der Waals surface area contributed by atoms with Gasteiger partial charge in [-0.25, -0.2) is 0 Å². The van der Waals surface area contributed by atoms with Crippen LogP contribution in [0.25, 0.3) is 0 Å². The smallest absolute Gasteiger partial charge is 0.323 e. The van der Waals surface area contributed by atoms with E-state index in [9.17, 15) is 19.6 Å². The van der Waals surface area contributed by atoms with Gasteiger partial charge in [0, 0.05) is 11.2 Å². The molecule has 1 saturated carbocycles. The van der Waals surface area contributed by atoms with E-state index in [1.807, 2.05) is 11.8 Å². The Bertz CT molecular complexity index is 405. The van der Waals surface area contributed by atoms with E-state index in [0.717, 1.165) is 6.42 Å². The van der Waals surface area contributed by atoms with Gasteiger partial charge >= 0.3 is 5.97 Å². The number of carboxylic acids is 1. The van der Waals surface area contributed by atoms with Crippen LogP contribution in [0, 0.1) is 10.3 Å². The Kier molecular flexibility index (Phi) is 3.01. The van der Waals surface area contributed by atoms with Gasteiger partial charge in [0.2, 0.25) is 0 Å². The Labute approximate surface area is 105 Å². The summed E-state index contributed by atoms with van der Waals surface area (Å²) >= 11 is 0. The van der Waals surface area contributed by atoms with Crippen LogP contribution in [0.15, 0.2) is 5.18 Å². The number of carboxylic acid groups (broad SMARTS) is 1. The first kappa shape index (κ1) is 13.1. The largest absolute Gasteiger partial charge is 0.480 e. The summed E-state index contributed by atoms with van der Waals surface area (Å²) < 4.78 is 0. The fraction of sp³-hybridized carbons (Fsp3) is 0.833. The predicted molar refractivity (Wildman–Crippen MR) is 63.9 cm³/mol. The maximum Gasteiger partial charge on any atom is 0.323 e. The van der Waals surface area contributed by atoms with Crippen molar-refractivity contribution in [2.45, 2.75) is 51.1 Å². The maximum atomic E-state index is 11.6. The minimum Gasteiger partial charge on any atom is -0.480 e. The molecule has 100 valence electrons. The quantitative estimate of drug-likeness (QED) is 0.766. The monoisotopic (exact) mass is 254 g/mol. The average molecular weight is 254 g/mol. The SMILES string of the molecule is CC(N1CCC[C@]1(C)C(=O)O)C1(C(=O)N=O)CC1. The zero-order valence-corrected chi connectivity index (χ0v) is 10.7. The van der Waals surface area contributed by atoms with Crippen molar-refractivity contribution in [3.63, 3.8) is 0 Å². The van der Waals surface area contributed by atoms with Crippen LogP contribution >= 0.6 is 0 Å². The van der Waals surface area contributed by atoms with Gasteiger partial charge in [-0.2, -0.15) is 0 Å². The molecule has 6 nitrogen and oxygen atoms in total. The van der Waals surface area contributed by atoms with Crippen molar-refractivity contribution >= 4 is 11.9 Å². The molecule has 1 saturated heterocycles. The third-order valence-corrected chi connectivity index (χ3v) is 4.72. The van der Waals surface area contributed by atoms with Gasteiger partial charge in [-0.05, 0) is 46.1 Å². The summed E-state index contributed by atoms with van der Waals surface area (Å²) in [4.78, 5) is 35.4. The highest BCUT2D eigenvalue weighted by Gasteiger charge is 2.60. The Morgan fingerprint density at radius 3 is 2.39 bits per heavy atom. The third-order valence-electron chi connectivity index (χ3n) is 4.72. The van der Waals surface area contributed by atoms with E-state index in [1.165, 1.54) is 0 Å². The molecule has 1 amide bonds. The van der Waals surface area contributed by atoms with Gasteiger partial charge in [0.05, 0.1) is 5.41 Å². The lowest BCUT2D eigenvalue weighted by Gasteiger charge is -2.38. The highest BCUT2D eigenvalue weighted by atomic mass is 16.4. The molecule has 0 aromatic rings. The van der Waals surface area contributed by atoms with E-state index < -0.39 is 22.8 Å². The standard InChI is InChI=1S/C12H18N2O4/c1-8(12(5-6-12)9(15)13-18)14-7-3-4-11(14,2)10(16)17/h8H,3-7H2,1-2H3,(H,16,17)/t8?,11-/m1/s1. The van der Waals surface area contributed by atoms with Crippen LogP contribution in [0.1, 0.15) is 39.5 Å². The first-order valence-corrected chi connectivity index (χ1v) is 6.26. The first-order chi connectivity index (χ1) is 8.38. The predicted octanol–water partition coefficient (Wildman–Crippen LogP) is 1.39. The Balaban J connectivity index is 2.24. The highest BCUT2D eigenvalue weighted by Crippen LogP contribution is 2.53. The second-order valence-corrected chi connectivity index (χ2v) is 5.60. The van der Waals surface area contributed by atoms with Gasteiger partial charge in [0.25, 0.3) is 5.91 Å². The summed E-state index contributed by atoms with van der Waals surface area (Å²) in [7, 11) is 0. The molecule has 0 bridgehead atoms. The fourth-order valence-electron chi connectivity index (χ4n) is 3.17. The van der Waals surface area contributed by atoms with Crippen molar-refractivity contribution in [1.82, 2.24) is 4.90 Å². The summed E-state index contributed by atoms with van der Waals surface area (Å²) in [5.41, 5.74) is -1.67.